The molecule has 2 aromatic heterocycles. The molecule has 0 radical (unpaired) electrons. The van der Waals surface area contributed by atoms with Crippen LogP contribution in [0, 0.1) is 0 Å². The monoisotopic (exact) mass is 448 g/mol. The predicted molar refractivity (Wildman–Crippen MR) is 121 cm³/mol. The van der Waals surface area contributed by atoms with Crippen LogP contribution in [0.1, 0.15) is 4.88 Å². The van der Waals surface area contributed by atoms with Gasteiger partial charge in [-0.2, -0.15) is 11.8 Å². The summed E-state index contributed by atoms with van der Waals surface area (Å²) in [4.78, 5) is 14.8. The van der Waals surface area contributed by atoms with Gasteiger partial charge in [-0.25, -0.2) is 4.90 Å². The Kier molecular flexibility index (Phi) is 5.82. The van der Waals surface area contributed by atoms with E-state index in [4.69, 9.17) is 9.47 Å². The molecule has 0 unspecified atom stereocenters. The van der Waals surface area contributed by atoms with Crippen LogP contribution in [-0.2, 0) is 13.0 Å². The third-order valence-corrected chi connectivity index (χ3v) is 7.53. The van der Waals surface area contributed by atoms with Crippen molar-refractivity contribution in [2.45, 2.75) is 5.91 Å². The molecule has 0 amide bonds. The lowest BCUT2D eigenvalue weighted by molar-refractivity contribution is -0.270. The molecule has 30 heavy (non-hydrogen) atoms. The Morgan fingerprint density at radius 3 is 2.43 bits per heavy atom. The summed E-state index contributed by atoms with van der Waals surface area (Å²) in [6.45, 7) is 1.15. The Labute approximate surface area is 182 Å². The van der Waals surface area contributed by atoms with E-state index >= 15 is 0 Å². The van der Waals surface area contributed by atoms with Crippen LogP contribution in [0.5, 0.6) is 11.5 Å². The van der Waals surface area contributed by atoms with Crippen LogP contribution < -0.4 is 15.0 Å². The van der Waals surface area contributed by atoms with Crippen LogP contribution in [0.3, 0.4) is 0 Å². The van der Waals surface area contributed by atoms with Crippen molar-refractivity contribution in [2.24, 2.45) is 7.05 Å². The number of benzene rings is 1. The normalized spacial score (nSPS) is 15.5. The first kappa shape index (κ1) is 21.2. The summed E-state index contributed by atoms with van der Waals surface area (Å²) in [7, 11) is 4.84. The lowest BCUT2D eigenvalue weighted by atomic mass is 10.1. The number of aromatic nitrogens is 1. The van der Waals surface area contributed by atoms with Crippen LogP contribution in [0.25, 0.3) is 21.2 Å². The zero-order valence-electron chi connectivity index (χ0n) is 17.0. The smallest absolute Gasteiger partial charge is 0.263 e. The number of rotatable bonds is 5. The van der Waals surface area contributed by atoms with Crippen molar-refractivity contribution in [3.05, 3.63) is 45.7 Å². The number of ether oxygens (including phenoxy) is 2. The number of nitrogens with zero attached hydrogens (tertiary/aromatic N) is 2. The molecule has 1 saturated heterocycles. The molecule has 1 aliphatic rings. The maximum Gasteiger partial charge on any atom is 0.263 e. The minimum absolute atomic E-state index is 0.179. The van der Waals surface area contributed by atoms with Crippen molar-refractivity contribution < 1.29 is 19.7 Å². The van der Waals surface area contributed by atoms with Gasteiger partial charge in [-0.3, -0.25) is 4.79 Å². The van der Waals surface area contributed by atoms with Gasteiger partial charge in [0.05, 0.1) is 24.5 Å². The van der Waals surface area contributed by atoms with Crippen molar-refractivity contribution >= 4 is 33.2 Å². The van der Waals surface area contributed by atoms with Crippen LogP contribution in [-0.4, -0.2) is 58.5 Å². The minimum Gasteiger partial charge on any atom is -0.493 e. The van der Waals surface area contributed by atoms with E-state index in [9.17, 15) is 15.0 Å². The maximum absolute atomic E-state index is 12.8. The van der Waals surface area contributed by atoms with E-state index in [-0.39, 0.29) is 5.56 Å². The largest absolute Gasteiger partial charge is 0.493 e. The van der Waals surface area contributed by atoms with Crippen molar-refractivity contribution in [3.63, 3.8) is 0 Å². The first-order valence-electron chi connectivity index (χ1n) is 9.50. The van der Waals surface area contributed by atoms with Gasteiger partial charge in [0.1, 0.15) is 0 Å². The van der Waals surface area contributed by atoms with E-state index in [1.165, 1.54) is 15.9 Å². The molecule has 0 atom stereocenters. The summed E-state index contributed by atoms with van der Waals surface area (Å²) in [6.07, 6.45) is 1.76. The second-order valence-electron chi connectivity index (χ2n) is 7.12. The first-order valence-corrected chi connectivity index (χ1v) is 11.5. The molecule has 3 heterocycles. The highest BCUT2D eigenvalue weighted by Gasteiger charge is 2.37. The molecular weight excluding hydrogens is 424 g/mol. The third kappa shape index (κ3) is 3.61. The van der Waals surface area contributed by atoms with E-state index in [0.717, 1.165) is 22.6 Å². The highest BCUT2D eigenvalue weighted by Crippen LogP contribution is 2.40. The number of aryl methyl sites for hydroxylation is 1. The van der Waals surface area contributed by atoms with E-state index in [2.05, 4.69) is 0 Å². The Hall–Kier alpha value is -2.04. The Morgan fingerprint density at radius 2 is 1.77 bits per heavy atom. The van der Waals surface area contributed by atoms with Gasteiger partial charge in [0.25, 0.3) is 11.5 Å². The lowest BCUT2D eigenvalue weighted by Gasteiger charge is -2.36. The standard InChI is InChI=1S/C21H24N2O5S2/c1-22-12-15(13-4-5-16(27-2)17(10-13)28-3)19-14(20(22)24)11-18(30-19)21(25,26)23-6-8-29-9-7-23/h4-5,10-12,25-26H,6-9H2,1-3H3. The molecule has 1 aliphatic heterocycles. The van der Waals surface area contributed by atoms with Crippen LogP contribution >= 0.6 is 23.1 Å². The number of pyridine rings is 1. The fourth-order valence-electron chi connectivity index (χ4n) is 3.66. The molecule has 160 valence electrons. The highest BCUT2D eigenvalue weighted by molar-refractivity contribution is 7.99. The van der Waals surface area contributed by atoms with Gasteiger partial charge in [0.2, 0.25) is 0 Å². The second kappa shape index (κ2) is 8.24. The Bertz CT molecular complexity index is 1130. The number of fused-ring (bicyclic) bond motifs is 1. The SMILES string of the molecule is COc1ccc(-c2cn(C)c(=O)c3cc(C(O)(O)N4CCSCC4)sc23)cc1OC. The van der Waals surface area contributed by atoms with Crippen molar-refractivity contribution in [1.29, 1.82) is 0 Å². The molecule has 0 spiro atoms. The number of hydrogen-bond donors (Lipinski definition) is 2. The van der Waals surface area contributed by atoms with E-state index in [0.29, 0.717) is 39.6 Å². The zero-order chi connectivity index (χ0) is 21.5. The van der Waals surface area contributed by atoms with Gasteiger partial charge in [-0.1, -0.05) is 6.07 Å². The van der Waals surface area contributed by atoms with E-state index in [1.807, 2.05) is 18.2 Å². The van der Waals surface area contributed by atoms with E-state index < -0.39 is 5.91 Å². The van der Waals surface area contributed by atoms with Crippen molar-refractivity contribution in [2.75, 3.05) is 38.8 Å². The fraction of sp³-hybridized carbons (Fsp3) is 0.381. The molecule has 0 aliphatic carbocycles. The van der Waals surface area contributed by atoms with Gasteiger partial charge >= 0.3 is 0 Å². The quantitative estimate of drug-likeness (QED) is 0.580. The molecule has 4 rings (SSSR count). The molecule has 0 saturated carbocycles. The Morgan fingerprint density at radius 1 is 1.07 bits per heavy atom. The molecule has 9 heteroatoms. The predicted octanol–water partition coefficient (Wildman–Crippen LogP) is 2.43. The average molecular weight is 449 g/mol. The number of hydrogen-bond acceptors (Lipinski definition) is 8. The molecule has 1 aromatic carbocycles. The molecule has 7 nitrogen and oxygen atoms in total. The van der Waals surface area contributed by atoms with Gasteiger partial charge in [-0.05, 0) is 23.8 Å². The van der Waals surface area contributed by atoms with Gasteiger partial charge in [0, 0.05) is 48.1 Å². The summed E-state index contributed by atoms with van der Waals surface area (Å²) < 4.78 is 13.0. The lowest BCUT2D eigenvalue weighted by Crippen LogP contribution is -2.49. The van der Waals surface area contributed by atoms with Crippen molar-refractivity contribution in [1.82, 2.24) is 9.47 Å². The van der Waals surface area contributed by atoms with Gasteiger partial charge < -0.3 is 24.3 Å². The summed E-state index contributed by atoms with van der Waals surface area (Å²) in [5.74, 6) is 0.767. The number of aliphatic hydroxyl groups is 2. The fourth-order valence-corrected chi connectivity index (χ4v) is 5.76. The number of methoxy groups -OCH3 is 2. The van der Waals surface area contributed by atoms with E-state index in [1.54, 1.807) is 50.2 Å². The summed E-state index contributed by atoms with van der Waals surface area (Å²) in [6, 6.07) is 7.17. The number of thioether (sulfide) groups is 1. The number of thiophene rings is 1. The van der Waals surface area contributed by atoms with Crippen molar-refractivity contribution in [3.8, 4) is 22.6 Å². The van der Waals surface area contributed by atoms with Crippen LogP contribution in [0.4, 0.5) is 0 Å². The van der Waals surface area contributed by atoms with Gasteiger partial charge in [0.15, 0.2) is 11.5 Å². The Balaban J connectivity index is 1.88. The average Bonchev–Trinajstić information content (AvgIpc) is 3.23. The summed E-state index contributed by atoms with van der Waals surface area (Å²) in [5, 5.41) is 22.3. The highest BCUT2D eigenvalue weighted by atomic mass is 32.2. The summed E-state index contributed by atoms with van der Waals surface area (Å²) >= 11 is 3.02. The second-order valence-corrected chi connectivity index (χ2v) is 9.39. The topological polar surface area (TPSA) is 84.2 Å². The zero-order valence-corrected chi connectivity index (χ0v) is 18.7. The summed E-state index contributed by atoms with van der Waals surface area (Å²) in [5.41, 5.74) is 1.48. The van der Waals surface area contributed by atoms with Crippen LogP contribution in [0.2, 0.25) is 0 Å². The molecule has 3 aromatic rings. The molecule has 2 N–H and O–H groups in total. The molecular formula is C21H24N2O5S2. The molecule has 0 bridgehead atoms. The first-order chi connectivity index (χ1) is 14.4. The third-order valence-electron chi connectivity index (χ3n) is 5.33. The molecule has 1 fully saturated rings. The minimum atomic E-state index is -2.11. The maximum atomic E-state index is 12.8. The van der Waals surface area contributed by atoms with Crippen LogP contribution in [0.15, 0.2) is 35.3 Å². The van der Waals surface area contributed by atoms with Gasteiger partial charge in [-0.15, -0.1) is 11.3 Å².